The number of benzene rings is 2. The van der Waals surface area contributed by atoms with Gasteiger partial charge in [-0.15, -0.1) is 0 Å². The molecular formula is C16H14F2N4O3. The van der Waals surface area contributed by atoms with Gasteiger partial charge in [-0.05, 0) is 30.3 Å². The molecular weight excluding hydrogens is 334 g/mol. The second-order valence-corrected chi connectivity index (χ2v) is 4.93. The maximum Gasteiger partial charge on any atom is 0.316 e. The molecule has 0 bridgehead atoms. The quantitative estimate of drug-likeness (QED) is 0.661. The predicted octanol–water partition coefficient (Wildman–Crippen LogP) is 1.82. The van der Waals surface area contributed by atoms with Gasteiger partial charge in [0.05, 0.1) is 12.1 Å². The van der Waals surface area contributed by atoms with Gasteiger partial charge in [0.2, 0.25) is 5.91 Å². The molecule has 0 radical (unpaired) electrons. The number of nitrogens with two attached hydrogens (primary N) is 1. The predicted molar refractivity (Wildman–Crippen MR) is 87.0 cm³/mol. The van der Waals surface area contributed by atoms with Crippen LogP contribution in [0.15, 0.2) is 42.5 Å². The number of primary amides is 1. The molecule has 0 unspecified atom stereocenters. The van der Waals surface area contributed by atoms with Crippen LogP contribution in [0.2, 0.25) is 0 Å². The lowest BCUT2D eigenvalue weighted by Gasteiger charge is -2.09. The molecule has 2 aromatic rings. The Kier molecular flexibility index (Phi) is 5.62. The number of carbonyl (C=O) groups excluding carboxylic acids is 3. The molecule has 0 heterocycles. The van der Waals surface area contributed by atoms with Crippen LogP contribution in [0.5, 0.6) is 0 Å². The first-order chi connectivity index (χ1) is 11.8. The summed E-state index contributed by atoms with van der Waals surface area (Å²) < 4.78 is 26.3. The van der Waals surface area contributed by atoms with Gasteiger partial charge in [0.25, 0.3) is 5.91 Å². The van der Waals surface area contributed by atoms with Crippen LogP contribution in [-0.2, 0) is 4.79 Å². The Labute approximate surface area is 141 Å². The monoisotopic (exact) mass is 348 g/mol. The van der Waals surface area contributed by atoms with E-state index in [0.717, 1.165) is 12.1 Å². The van der Waals surface area contributed by atoms with Crippen molar-refractivity contribution >= 4 is 29.2 Å². The van der Waals surface area contributed by atoms with E-state index in [0.29, 0.717) is 17.4 Å². The van der Waals surface area contributed by atoms with Gasteiger partial charge < -0.3 is 21.7 Å². The van der Waals surface area contributed by atoms with Gasteiger partial charge in [-0.3, -0.25) is 9.59 Å². The molecule has 0 aliphatic rings. The van der Waals surface area contributed by atoms with Crippen LogP contribution in [0.3, 0.4) is 0 Å². The minimum Gasteiger partial charge on any atom is -0.351 e. The highest BCUT2D eigenvalue weighted by Crippen LogP contribution is 2.14. The van der Waals surface area contributed by atoms with Crippen LogP contribution >= 0.6 is 0 Å². The summed E-state index contributed by atoms with van der Waals surface area (Å²) in [6, 6.07) is 7.91. The highest BCUT2D eigenvalue weighted by molar-refractivity contribution is 5.99. The topological polar surface area (TPSA) is 113 Å². The lowest BCUT2D eigenvalue weighted by Crippen LogP contribution is -2.33. The van der Waals surface area contributed by atoms with Gasteiger partial charge in [-0.25, -0.2) is 13.6 Å². The zero-order valence-corrected chi connectivity index (χ0v) is 12.8. The molecule has 0 aliphatic carbocycles. The Bertz CT molecular complexity index is 827. The number of hydrogen-bond acceptors (Lipinski definition) is 3. The summed E-state index contributed by atoms with van der Waals surface area (Å²) in [5.74, 6) is -3.26. The van der Waals surface area contributed by atoms with Crippen LogP contribution in [0, 0.1) is 11.6 Å². The largest absolute Gasteiger partial charge is 0.351 e. The standard InChI is InChI=1S/C16H14F2N4O3/c17-9-4-5-12(13(18)6-9)15(24)20-8-14(23)21-10-2-1-3-11(7-10)22-16(19)25/h1-7H,8H2,(H,20,24)(H,21,23)(H3,19,22,25). The summed E-state index contributed by atoms with van der Waals surface area (Å²) in [6.45, 7) is -0.427. The van der Waals surface area contributed by atoms with Gasteiger partial charge in [0, 0.05) is 17.4 Å². The van der Waals surface area contributed by atoms with E-state index in [1.165, 1.54) is 6.07 Å². The summed E-state index contributed by atoms with van der Waals surface area (Å²) in [7, 11) is 0. The third kappa shape index (κ3) is 5.27. The first kappa shape index (κ1) is 17.9. The van der Waals surface area contributed by atoms with E-state index < -0.39 is 36.0 Å². The molecule has 5 N–H and O–H groups in total. The number of nitrogens with one attached hydrogen (secondary N) is 3. The van der Waals surface area contributed by atoms with Crippen molar-refractivity contribution in [3.8, 4) is 0 Å². The molecule has 0 spiro atoms. The highest BCUT2D eigenvalue weighted by atomic mass is 19.1. The molecule has 2 aromatic carbocycles. The third-order valence-electron chi connectivity index (χ3n) is 3.00. The van der Waals surface area contributed by atoms with Gasteiger partial charge in [-0.1, -0.05) is 6.07 Å². The third-order valence-corrected chi connectivity index (χ3v) is 3.00. The first-order valence-corrected chi connectivity index (χ1v) is 7.05. The maximum atomic E-state index is 13.5. The van der Waals surface area contributed by atoms with E-state index in [9.17, 15) is 23.2 Å². The minimum atomic E-state index is -1.02. The number of halogens is 2. The molecule has 2 rings (SSSR count). The van der Waals surface area contributed by atoms with Gasteiger partial charge >= 0.3 is 6.03 Å². The van der Waals surface area contributed by atoms with Crippen LogP contribution in [0.1, 0.15) is 10.4 Å². The molecule has 25 heavy (non-hydrogen) atoms. The van der Waals surface area contributed by atoms with E-state index >= 15 is 0 Å². The van der Waals surface area contributed by atoms with Crippen LogP contribution in [0.4, 0.5) is 25.0 Å². The molecule has 0 aromatic heterocycles. The number of amides is 4. The molecule has 7 nitrogen and oxygen atoms in total. The zero-order valence-electron chi connectivity index (χ0n) is 12.8. The SMILES string of the molecule is NC(=O)Nc1cccc(NC(=O)CNC(=O)c2ccc(F)cc2F)c1. The van der Waals surface area contributed by atoms with E-state index in [4.69, 9.17) is 5.73 Å². The number of carbonyl (C=O) groups is 3. The Morgan fingerprint density at radius 1 is 0.960 bits per heavy atom. The number of hydrogen-bond donors (Lipinski definition) is 4. The Morgan fingerprint density at radius 3 is 2.28 bits per heavy atom. The molecule has 4 amide bonds. The van der Waals surface area contributed by atoms with Crippen molar-refractivity contribution in [2.24, 2.45) is 5.73 Å². The lowest BCUT2D eigenvalue weighted by molar-refractivity contribution is -0.115. The molecule has 0 fully saturated rings. The van der Waals surface area contributed by atoms with Crippen LogP contribution < -0.4 is 21.7 Å². The molecule has 0 saturated carbocycles. The fourth-order valence-corrected chi connectivity index (χ4v) is 1.95. The van der Waals surface area contributed by atoms with Crippen molar-refractivity contribution in [3.63, 3.8) is 0 Å². The van der Waals surface area contributed by atoms with Gasteiger partial charge in [0.1, 0.15) is 11.6 Å². The minimum absolute atomic E-state index is 0.360. The van der Waals surface area contributed by atoms with E-state index in [-0.39, 0.29) is 5.56 Å². The van der Waals surface area contributed by atoms with Crippen molar-refractivity contribution in [1.82, 2.24) is 5.32 Å². The zero-order chi connectivity index (χ0) is 18.4. The van der Waals surface area contributed by atoms with Crippen molar-refractivity contribution in [1.29, 1.82) is 0 Å². The molecule has 130 valence electrons. The summed E-state index contributed by atoms with van der Waals surface area (Å²) >= 11 is 0. The summed E-state index contributed by atoms with van der Waals surface area (Å²) in [4.78, 5) is 34.4. The van der Waals surface area contributed by atoms with Gasteiger partial charge in [0.15, 0.2) is 0 Å². The van der Waals surface area contributed by atoms with Crippen LogP contribution in [0.25, 0.3) is 0 Å². The molecule has 0 saturated heterocycles. The number of anilines is 2. The Hall–Kier alpha value is -3.49. The number of rotatable bonds is 5. The van der Waals surface area contributed by atoms with Crippen molar-refractivity contribution in [3.05, 3.63) is 59.7 Å². The summed E-state index contributed by atoms with van der Waals surface area (Å²) in [5, 5.41) is 7.06. The smallest absolute Gasteiger partial charge is 0.316 e. The molecule has 0 atom stereocenters. The second-order valence-electron chi connectivity index (χ2n) is 4.93. The normalized spacial score (nSPS) is 10.0. The Morgan fingerprint density at radius 2 is 1.64 bits per heavy atom. The van der Waals surface area contributed by atoms with Crippen molar-refractivity contribution in [2.75, 3.05) is 17.2 Å². The fourth-order valence-electron chi connectivity index (χ4n) is 1.95. The fraction of sp³-hybridized carbons (Fsp3) is 0.0625. The van der Waals surface area contributed by atoms with Crippen molar-refractivity contribution in [2.45, 2.75) is 0 Å². The second kappa shape index (κ2) is 7.86. The van der Waals surface area contributed by atoms with Crippen LogP contribution in [-0.4, -0.2) is 24.4 Å². The summed E-state index contributed by atoms with van der Waals surface area (Å²) in [5.41, 5.74) is 5.36. The highest BCUT2D eigenvalue weighted by Gasteiger charge is 2.13. The first-order valence-electron chi connectivity index (χ1n) is 7.05. The van der Waals surface area contributed by atoms with Gasteiger partial charge in [-0.2, -0.15) is 0 Å². The van der Waals surface area contributed by atoms with E-state index in [2.05, 4.69) is 16.0 Å². The average Bonchev–Trinajstić information content (AvgIpc) is 2.52. The summed E-state index contributed by atoms with van der Waals surface area (Å²) in [6.07, 6.45) is 0. The van der Waals surface area contributed by atoms with Crippen molar-refractivity contribution < 1.29 is 23.2 Å². The molecule has 9 heteroatoms. The Balaban J connectivity index is 1.92. The molecule has 0 aliphatic heterocycles. The van der Waals surface area contributed by atoms with E-state index in [1.807, 2.05) is 0 Å². The maximum absolute atomic E-state index is 13.5. The average molecular weight is 348 g/mol. The van der Waals surface area contributed by atoms with E-state index in [1.54, 1.807) is 18.2 Å². The lowest BCUT2D eigenvalue weighted by atomic mass is 10.2. The number of urea groups is 1.